The van der Waals surface area contributed by atoms with Crippen LogP contribution in [0.4, 0.5) is 22.0 Å². The molecule has 0 nitrogen and oxygen atoms in total. The zero-order valence-corrected chi connectivity index (χ0v) is 19.9. The predicted molar refractivity (Wildman–Crippen MR) is 134 cm³/mol. The van der Waals surface area contributed by atoms with Gasteiger partial charge in [0.05, 0.1) is 5.56 Å². The minimum absolute atomic E-state index is 0.0887. The van der Waals surface area contributed by atoms with Crippen LogP contribution in [0.15, 0.2) is 60.7 Å². The topological polar surface area (TPSA) is 0 Å². The van der Waals surface area contributed by atoms with Crippen LogP contribution in [0, 0.1) is 40.9 Å². The summed E-state index contributed by atoms with van der Waals surface area (Å²) >= 11 is 0. The third-order valence-corrected chi connectivity index (χ3v) is 6.19. The Labute approximate surface area is 207 Å². The van der Waals surface area contributed by atoms with Gasteiger partial charge >= 0.3 is 0 Å². The lowest BCUT2D eigenvalue weighted by atomic mass is 9.98. The van der Waals surface area contributed by atoms with E-state index in [1.54, 1.807) is 12.1 Å². The number of aryl methyl sites for hydroxylation is 1. The summed E-state index contributed by atoms with van der Waals surface area (Å²) in [4.78, 5) is 0. The molecule has 0 heterocycles. The molecule has 0 aliphatic heterocycles. The van der Waals surface area contributed by atoms with E-state index < -0.39 is 34.6 Å². The van der Waals surface area contributed by atoms with Gasteiger partial charge in [0.1, 0.15) is 17.5 Å². The van der Waals surface area contributed by atoms with Crippen molar-refractivity contribution >= 4 is 10.8 Å². The molecule has 0 atom stereocenters. The Kier molecular flexibility index (Phi) is 8.05. The smallest absolute Gasteiger partial charge is 0.166 e. The number of rotatable bonds is 7. The first-order valence-corrected chi connectivity index (χ1v) is 12.0. The fourth-order valence-electron chi connectivity index (χ4n) is 4.21. The van der Waals surface area contributed by atoms with Crippen LogP contribution in [0.2, 0.25) is 0 Å². The van der Waals surface area contributed by atoms with Crippen LogP contribution >= 0.6 is 0 Å². The molecule has 0 bridgehead atoms. The van der Waals surface area contributed by atoms with Gasteiger partial charge in [-0.25, -0.2) is 22.0 Å². The third-order valence-electron chi connectivity index (χ3n) is 6.19. The summed E-state index contributed by atoms with van der Waals surface area (Å²) in [5.41, 5.74) is 0.992. The standard InChI is InChI=1S/C31H25F5/c1-2-3-4-5-6-7-20-8-12-24(28(33)17-20)23-18-29(34)26(30(35)19-23)14-10-21-9-13-25-22(16-21)11-15-27(32)31(25)36/h8-9,11-13,15-19H,2-7H2,1H3. The molecule has 0 saturated heterocycles. The third kappa shape index (κ3) is 5.76. The molecule has 0 spiro atoms. The monoisotopic (exact) mass is 492 g/mol. The SMILES string of the molecule is CCCCCCCc1ccc(-c2cc(F)c(C#Cc3ccc4c(F)c(F)ccc4c3)c(F)c2)c(F)c1. The second-order valence-corrected chi connectivity index (χ2v) is 8.84. The fourth-order valence-corrected chi connectivity index (χ4v) is 4.21. The number of benzene rings is 4. The molecule has 0 saturated carbocycles. The average molecular weight is 493 g/mol. The van der Waals surface area contributed by atoms with E-state index in [1.807, 2.05) is 0 Å². The molecule has 0 aliphatic rings. The summed E-state index contributed by atoms with van der Waals surface area (Å²) in [6.45, 7) is 2.15. The predicted octanol–water partition coefficient (Wildman–Crippen LogP) is 9.11. The van der Waals surface area contributed by atoms with Crippen LogP contribution in [0.3, 0.4) is 0 Å². The van der Waals surface area contributed by atoms with Crippen LogP contribution in [0.1, 0.15) is 55.7 Å². The summed E-state index contributed by atoms with van der Waals surface area (Å²) in [5.74, 6) is 0.849. The van der Waals surface area contributed by atoms with Gasteiger partial charge in [-0.05, 0) is 65.8 Å². The molecule has 0 radical (unpaired) electrons. The van der Waals surface area contributed by atoms with Crippen molar-refractivity contribution in [3.05, 3.63) is 106 Å². The maximum absolute atomic E-state index is 14.8. The van der Waals surface area contributed by atoms with Crippen LogP contribution in [-0.4, -0.2) is 0 Å². The van der Waals surface area contributed by atoms with Gasteiger partial charge in [-0.3, -0.25) is 0 Å². The number of halogens is 5. The molecule has 0 amide bonds. The van der Waals surface area contributed by atoms with Crippen molar-refractivity contribution in [2.24, 2.45) is 0 Å². The van der Waals surface area contributed by atoms with E-state index in [0.29, 0.717) is 10.9 Å². The molecule has 5 heteroatoms. The van der Waals surface area contributed by atoms with Crippen molar-refractivity contribution in [2.45, 2.75) is 45.4 Å². The van der Waals surface area contributed by atoms with E-state index in [9.17, 15) is 22.0 Å². The van der Waals surface area contributed by atoms with Gasteiger partial charge in [-0.2, -0.15) is 0 Å². The Bertz CT molecular complexity index is 1440. The number of unbranched alkanes of at least 4 members (excludes halogenated alkanes) is 4. The molecular formula is C31H25F5. The van der Waals surface area contributed by atoms with Crippen molar-refractivity contribution in [1.82, 2.24) is 0 Å². The zero-order valence-electron chi connectivity index (χ0n) is 19.9. The number of hydrogen-bond acceptors (Lipinski definition) is 0. The molecule has 4 aromatic carbocycles. The minimum Gasteiger partial charge on any atom is -0.206 e. The molecule has 36 heavy (non-hydrogen) atoms. The Morgan fingerprint density at radius 3 is 2.11 bits per heavy atom. The molecular weight excluding hydrogens is 467 g/mol. The maximum atomic E-state index is 14.8. The van der Waals surface area contributed by atoms with Crippen molar-refractivity contribution in [2.75, 3.05) is 0 Å². The first kappa shape index (κ1) is 25.4. The summed E-state index contributed by atoms with van der Waals surface area (Å²) in [7, 11) is 0. The molecule has 0 fully saturated rings. The number of hydrogen-bond donors (Lipinski definition) is 0. The van der Waals surface area contributed by atoms with Gasteiger partial charge in [-0.15, -0.1) is 0 Å². The van der Waals surface area contributed by atoms with Gasteiger partial charge < -0.3 is 0 Å². The van der Waals surface area contributed by atoms with Gasteiger partial charge in [0, 0.05) is 16.5 Å². The lowest BCUT2D eigenvalue weighted by Crippen LogP contribution is -1.95. The highest BCUT2D eigenvalue weighted by molar-refractivity contribution is 5.84. The average Bonchev–Trinajstić information content (AvgIpc) is 2.85. The molecule has 0 aliphatic carbocycles. The van der Waals surface area contributed by atoms with E-state index in [2.05, 4.69) is 18.8 Å². The lowest BCUT2D eigenvalue weighted by molar-refractivity contribution is 0.517. The molecule has 4 aromatic rings. The second-order valence-electron chi connectivity index (χ2n) is 8.84. The van der Waals surface area contributed by atoms with Crippen molar-refractivity contribution < 1.29 is 22.0 Å². The Morgan fingerprint density at radius 2 is 1.39 bits per heavy atom. The Hall–Kier alpha value is -3.65. The first-order chi connectivity index (χ1) is 17.4. The highest BCUT2D eigenvalue weighted by Crippen LogP contribution is 2.28. The molecule has 4 rings (SSSR count). The number of fused-ring (bicyclic) bond motifs is 1. The van der Waals surface area contributed by atoms with Gasteiger partial charge in [0.2, 0.25) is 0 Å². The summed E-state index contributed by atoms with van der Waals surface area (Å²) in [6, 6.07) is 13.6. The van der Waals surface area contributed by atoms with Gasteiger partial charge in [-0.1, -0.05) is 68.7 Å². The maximum Gasteiger partial charge on any atom is 0.166 e. The van der Waals surface area contributed by atoms with Crippen LogP contribution in [0.25, 0.3) is 21.9 Å². The van der Waals surface area contributed by atoms with E-state index in [-0.39, 0.29) is 16.5 Å². The van der Waals surface area contributed by atoms with Crippen LogP contribution in [-0.2, 0) is 6.42 Å². The molecule has 0 aromatic heterocycles. The zero-order chi connectivity index (χ0) is 25.7. The normalized spacial score (nSPS) is 10.9. The van der Waals surface area contributed by atoms with E-state index >= 15 is 0 Å². The molecule has 184 valence electrons. The van der Waals surface area contributed by atoms with E-state index in [1.165, 1.54) is 36.8 Å². The first-order valence-electron chi connectivity index (χ1n) is 12.0. The van der Waals surface area contributed by atoms with Gasteiger partial charge in [0.15, 0.2) is 11.6 Å². The van der Waals surface area contributed by atoms with Crippen LogP contribution < -0.4 is 0 Å². The van der Waals surface area contributed by atoms with Crippen molar-refractivity contribution in [3.8, 4) is 23.0 Å². The molecule has 0 unspecified atom stereocenters. The second kappa shape index (κ2) is 11.4. The largest absolute Gasteiger partial charge is 0.206 e. The Balaban J connectivity index is 1.54. The van der Waals surface area contributed by atoms with Crippen molar-refractivity contribution in [3.63, 3.8) is 0 Å². The van der Waals surface area contributed by atoms with E-state index in [0.717, 1.165) is 55.9 Å². The minimum atomic E-state index is -0.966. The quantitative estimate of drug-likeness (QED) is 0.137. The summed E-state index contributed by atoms with van der Waals surface area (Å²) in [6.07, 6.45) is 6.32. The Morgan fingerprint density at radius 1 is 0.639 bits per heavy atom. The highest BCUT2D eigenvalue weighted by atomic mass is 19.2. The van der Waals surface area contributed by atoms with E-state index in [4.69, 9.17) is 0 Å². The summed E-state index contributed by atoms with van der Waals surface area (Å²) < 4.78 is 71.6. The van der Waals surface area contributed by atoms with Gasteiger partial charge in [0.25, 0.3) is 0 Å². The fraction of sp³-hybridized carbons (Fsp3) is 0.226. The summed E-state index contributed by atoms with van der Waals surface area (Å²) in [5, 5.41) is 0.503. The molecule has 0 N–H and O–H groups in total. The highest BCUT2D eigenvalue weighted by Gasteiger charge is 2.14. The van der Waals surface area contributed by atoms with Crippen molar-refractivity contribution in [1.29, 1.82) is 0 Å². The lowest BCUT2D eigenvalue weighted by Gasteiger charge is -2.08. The van der Waals surface area contributed by atoms with Crippen LogP contribution in [0.5, 0.6) is 0 Å².